The van der Waals surface area contributed by atoms with Gasteiger partial charge in [-0.2, -0.15) is 0 Å². The van der Waals surface area contributed by atoms with Gasteiger partial charge in [-0.1, -0.05) is 6.92 Å². The summed E-state index contributed by atoms with van der Waals surface area (Å²) < 4.78 is 0. The van der Waals surface area contributed by atoms with Gasteiger partial charge in [0.05, 0.1) is 25.0 Å². The van der Waals surface area contributed by atoms with Crippen LogP contribution in [0, 0.1) is 0 Å². The zero-order valence-corrected chi connectivity index (χ0v) is 9.64. The summed E-state index contributed by atoms with van der Waals surface area (Å²) in [5, 5.41) is 9.37. The van der Waals surface area contributed by atoms with Crippen molar-refractivity contribution in [2.45, 2.75) is 32.4 Å². The van der Waals surface area contributed by atoms with Gasteiger partial charge in [0, 0.05) is 6.54 Å². The molecular weight excluding hydrogens is 211 g/mol. The van der Waals surface area contributed by atoms with Crippen molar-refractivity contribution in [2.75, 3.05) is 13.1 Å². The first-order valence-electron chi connectivity index (χ1n) is 4.19. The molecule has 1 aliphatic heterocycles. The molecule has 0 aromatic heterocycles. The molecule has 80 valence electrons. The molecular formula is C8H18Cl2N2O. The van der Waals surface area contributed by atoms with Gasteiger partial charge in [0.1, 0.15) is 0 Å². The monoisotopic (exact) mass is 228 g/mol. The number of nitrogens with zero attached hydrogens (tertiary/aromatic N) is 2. The Hall–Kier alpha value is 0.01000. The van der Waals surface area contributed by atoms with Gasteiger partial charge in [0.15, 0.2) is 0 Å². The summed E-state index contributed by atoms with van der Waals surface area (Å²) in [4.78, 5) is 6.22. The number of aliphatic hydroxyl groups excluding tert-OH is 1. The molecule has 13 heavy (non-hydrogen) atoms. The molecule has 0 aromatic rings. The Labute approximate surface area is 92.0 Å². The number of rotatable bonds is 3. The number of hydrogen-bond acceptors (Lipinski definition) is 3. The predicted molar refractivity (Wildman–Crippen MR) is 60.3 cm³/mol. The van der Waals surface area contributed by atoms with Gasteiger partial charge in [-0.3, -0.25) is 4.99 Å². The van der Waals surface area contributed by atoms with Gasteiger partial charge in [-0.05, 0) is 13.3 Å². The topological polar surface area (TPSA) is 35.8 Å². The molecule has 2 atom stereocenters. The lowest BCUT2D eigenvalue weighted by atomic mass is 10.1. The van der Waals surface area contributed by atoms with Gasteiger partial charge in [0.2, 0.25) is 0 Å². The average Bonchev–Trinajstić information content (AvgIpc) is 2.40. The largest absolute Gasteiger partial charge is 0.391 e. The van der Waals surface area contributed by atoms with E-state index in [0.29, 0.717) is 0 Å². The highest BCUT2D eigenvalue weighted by Crippen LogP contribution is 2.09. The summed E-state index contributed by atoms with van der Waals surface area (Å²) >= 11 is 0. The molecule has 0 radical (unpaired) electrons. The van der Waals surface area contributed by atoms with E-state index in [2.05, 4.69) is 16.8 Å². The van der Waals surface area contributed by atoms with Crippen molar-refractivity contribution in [2.24, 2.45) is 4.99 Å². The minimum Gasteiger partial charge on any atom is -0.391 e. The molecule has 5 heteroatoms. The summed E-state index contributed by atoms with van der Waals surface area (Å²) in [5.74, 6) is 0. The Kier molecular flexibility index (Phi) is 8.83. The van der Waals surface area contributed by atoms with Crippen LogP contribution in [0.3, 0.4) is 0 Å². The van der Waals surface area contributed by atoms with Crippen LogP contribution in [0.1, 0.15) is 20.3 Å². The molecule has 0 amide bonds. The Morgan fingerprint density at radius 3 is 2.46 bits per heavy atom. The Bertz CT molecular complexity index is 153. The summed E-state index contributed by atoms with van der Waals surface area (Å²) in [6.07, 6.45) is 2.56. The molecule has 0 saturated heterocycles. The van der Waals surface area contributed by atoms with Gasteiger partial charge < -0.3 is 10.0 Å². The van der Waals surface area contributed by atoms with Gasteiger partial charge in [-0.25, -0.2) is 0 Å². The highest BCUT2D eigenvalue weighted by atomic mass is 35.5. The molecule has 1 rings (SSSR count). The van der Waals surface area contributed by atoms with Gasteiger partial charge >= 0.3 is 0 Å². The Morgan fingerprint density at radius 2 is 2.15 bits per heavy atom. The molecule has 2 unspecified atom stereocenters. The quantitative estimate of drug-likeness (QED) is 0.792. The lowest BCUT2D eigenvalue weighted by Gasteiger charge is -2.27. The summed E-state index contributed by atoms with van der Waals surface area (Å²) in [5.41, 5.74) is 0. The number of aliphatic hydroxyl groups is 1. The molecule has 1 heterocycles. The first kappa shape index (κ1) is 15.5. The van der Waals surface area contributed by atoms with Gasteiger partial charge in [-0.15, -0.1) is 24.8 Å². The van der Waals surface area contributed by atoms with Crippen molar-refractivity contribution >= 4 is 31.2 Å². The fourth-order valence-corrected chi connectivity index (χ4v) is 1.50. The van der Waals surface area contributed by atoms with Crippen molar-refractivity contribution < 1.29 is 5.11 Å². The molecule has 0 bridgehead atoms. The summed E-state index contributed by atoms with van der Waals surface area (Å²) in [7, 11) is 0. The van der Waals surface area contributed by atoms with Gasteiger partial charge in [0.25, 0.3) is 0 Å². The van der Waals surface area contributed by atoms with Crippen molar-refractivity contribution in [3.05, 3.63) is 0 Å². The highest BCUT2D eigenvalue weighted by Gasteiger charge is 2.20. The first-order valence-corrected chi connectivity index (χ1v) is 4.19. The zero-order valence-electron chi connectivity index (χ0n) is 8.01. The maximum absolute atomic E-state index is 9.37. The van der Waals surface area contributed by atoms with Crippen molar-refractivity contribution in [3.8, 4) is 0 Å². The average molecular weight is 229 g/mol. The van der Waals surface area contributed by atoms with E-state index in [4.69, 9.17) is 0 Å². The maximum Gasteiger partial charge on any atom is 0.0854 e. The van der Waals surface area contributed by atoms with Crippen molar-refractivity contribution in [1.82, 2.24) is 4.90 Å². The van der Waals surface area contributed by atoms with Crippen LogP contribution in [0.4, 0.5) is 0 Å². The number of hydrogen-bond donors (Lipinski definition) is 1. The van der Waals surface area contributed by atoms with E-state index in [9.17, 15) is 5.11 Å². The summed E-state index contributed by atoms with van der Waals surface area (Å²) in [6.45, 7) is 5.76. The third-order valence-corrected chi connectivity index (χ3v) is 2.12. The van der Waals surface area contributed by atoms with E-state index in [1.807, 2.05) is 13.3 Å². The fraction of sp³-hybridized carbons (Fsp3) is 0.875. The van der Waals surface area contributed by atoms with Crippen LogP contribution in [0.25, 0.3) is 0 Å². The second-order valence-corrected chi connectivity index (χ2v) is 2.98. The van der Waals surface area contributed by atoms with E-state index in [1.54, 1.807) is 0 Å². The standard InChI is InChI=1S/C8H16N2O.2ClH/c1-3-8(7(2)11)10-5-4-9-6-10;;/h6-8,11H,3-5H2,1-2H3;2*1H. The van der Waals surface area contributed by atoms with E-state index < -0.39 is 0 Å². The smallest absolute Gasteiger partial charge is 0.0854 e. The molecule has 3 nitrogen and oxygen atoms in total. The molecule has 0 aromatic carbocycles. The van der Waals surface area contributed by atoms with E-state index in [-0.39, 0.29) is 37.0 Å². The van der Waals surface area contributed by atoms with E-state index in [0.717, 1.165) is 19.5 Å². The third kappa shape index (κ3) is 4.16. The third-order valence-electron chi connectivity index (χ3n) is 2.12. The maximum atomic E-state index is 9.37. The van der Waals surface area contributed by atoms with E-state index in [1.165, 1.54) is 0 Å². The lowest BCUT2D eigenvalue weighted by molar-refractivity contribution is 0.103. The Balaban J connectivity index is 0. The molecule has 0 fully saturated rings. The second kappa shape index (κ2) is 7.42. The fourth-order valence-electron chi connectivity index (χ4n) is 1.50. The zero-order chi connectivity index (χ0) is 8.27. The highest BCUT2D eigenvalue weighted by molar-refractivity contribution is 5.85. The normalized spacial score (nSPS) is 18.8. The Morgan fingerprint density at radius 1 is 1.54 bits per heavy atom. The van der Waals surface area contributed by atoms with Crippen LogP contribution in [0.15, 0.2) is 4.99 Å². The molecule has 0 saturated carbocycles. The van der Waals surface area contributed by atoms with E-state index >= 15 is 0 Å². The predicted octanol–water partition coefficient (Wildman–Crippen LogP) is 1.33. The molecule has 1 aliphatic rings. The van der Waals surface area contributed by atoms with Crippen LogP contribution >= 0.6 is 24.8 Å². The number of halogens is 2. The van der Waals surface area contributed by atoms with Crippen LogP contribution < -0.4 is 0 Å². The van der Waals surface area contributed by atoms with Crippen molar-refractivity contribution in [1.29, 1.82) is 0 Å². The first-order chi connectivity index (χ1) is 5.25. The van der Waals surface area contributed by atoms with Crippen molar-refractivity contribution in [3.63, 3.8) is 0 Å². The van der Waals surface area contributed by atoms with Crippen LogP contribution in [0.5, 0.6) is 0 Å². The van der Waals surface area contributed by atoms with Crippen LogP contribution in [-0.2, 0) is 0 Å². The molecule has 0 aliphatic carbocycles. The molecule has 1 N–H and O–H groups in total. The SMILES string of the molecule is CCC(C(C)O)N1C=NCC1.Cl.Cl. The lowest BCUT2D eigenvalue weighted by Crippen LogP contribution is -2.40. The van der Waals surface area contributed by atoms with Crippen LogP contribution in [0.2, 0.25) is 0 Å². The minimum absolute atomic E-state index is 0. The van der Waals surface area contributed by atoms with Crippen LogP contribution in [-0.4, -0.2) is 41.6 Å². The second-order valence-electron chi connectivity index (χ2n) is 2.98. The summed E-state index contributed by atoms with van der Waals surface area (Å²) in [6, 6.07) is 0.251. The molecule has 0 spiro atoms. The number of aliphatic imine (C=N–C) groups is 1. The minimum atomic E-state index is -0.260.